The summed E-state index contributed by atoms with van der Waals surface area (Å²) in [5.74, 6) is 0.473. The fourth-order valence-corrected chi connectivity index (χ4v) is 2.53. The van der Waals surface area contributed by atoms with Crippen LogP contribution in [0.4, 0.5) is 0 Å². The molecule has 0 unspecified atom stereocenters. The van der Waals surface area contributed by atoms with E-state index in [1.165, 1.54) is 12.8 Å². The molecule has 1 aromatic carbocycles. The number of fused-ring (bicyclic) bond motifs is 1. The van der Waals surface area contributed by atoms with Gasteiger partial charge in [0.2, 0.25) is 0 Å². The van der Waals surface area contributed by atoms with Crippen molar-refractivity contribution in [3.05, 3.63) is 36.2 Å². The molecule has 104 valence electrons. The molecule has 1 fully saturated rings. The Hall–Kier alpha value is -1.97. The molecule has 0 spiro atoms. The highest BCUT2D eigenvalue weighted by atomic mass is 16.1. The van der Waals surface area contributed by atoms with E-state index in [2.05, 4.69) is 29.1 Å². The first-order valence-corrected chi connectivity index (χ1v) is 7.11. The predicted molar refractivity (Wildman–Crippen MR) is 78.4 cm³/mol. The van der Waals surface area contributed by atoms with Gasteiger partial charge in [0.1, 0.15) is 5.69 Å². The fraction of sp³-hybridized carbons (Fsp3) is 0.438. The molecule has 0 radical (unpaired) electrons. The quantitative estimate of drug-likeness (QED) is 0.928. The summed E-state index contributed by atoms with van der Waals surface area (Å²) in [6, 6.07) is 7.57. The Balaban J connectivity index is 1.72. The highest BCUT2D eigenvalue weighted by Gasteiger charge is 2.45. The van der Waals surface area contributed by atoms with E-state index in [0.717, 1.165) is 17.6 Å². The van der Waals surface area contributed by atoms with Crippen LogP contribution in [0.3, 0.4) is 0 Å². The number of rotatable bonds is 4. The summed E-state index contributed by atoms with van der Waals surface area (Å²) in [6.45, 7) is 5.17. The third-order valence-electron chi connectivity index (χ3n) is 4.40. The minimum Gasteiger partial charge on any atom is -0.350 e. The van der Waals surface area contributed by atoms with Crippen molar-refractivity contribution in [2.75, 3.05) is 6.54 Å². The molecule has 1 aromatic heterocycles. The van der Waals surface area contributed by atoms with E-state index >= 15 is 0 Å². The van der Waals surface area contributed by atoms with Gasteiger partial charge in [-0.25, -0.2) is 4.98 Å². The number of carbonyl (C=O) groups excluding carboxylic acids is 1. The second-order valence-electron chi connectivity index (χ2n) is 5.94. The Kier molecular flexibility index (Phi) is 3.16. The number of aromatic nitrogens is 2. The Bertz CT molecular complexity index is 647. The normalized spacial score (nSPS) is 16.4. The molecule has 1 aliphatic carbocycles. The van der Waals surface area contributed by atoms with E-state index in [4.69, 9.17) is 0 Å². The first kappa shape index (κ1) is 13.0. The van der Waals surface area contributed by atoms with E-state index < -0.39 is 0 Å². The second-order valence-corrected chi connectivity index (χ2v) is 5.94. The number of hydrogen-bond acceptors (Lipinski definition) is 3. The van der Waals surface area contributed by atoms with Crippen LogP contribution < -0.4 is 5.32 Å². The van der Waals surface area contributed by atoms with E-state index in [-0.39, 0.29) is 5.91 Å². The van der Waals surface area contributed by atoms with Gasteiger partial charge >= 0.3 is 0 Å². The molecule has 20 heavy (non-hydrogen) atoms. The molecule has 2 aromatic rings. The molecule has 0 aliphatic heterocycles. The van der Waals surface area contributed by atoms with Gasteiger partial charge in [0, 0.05) is 6.54 Å². The van der Waals surface area contributed by atoms with Gasteiger partial charge in [0.05, 0.1) is 17.2 Å². The predicted octanol–water partition coefficient (Wildman–Crippen LogP) is 2.80. The maximum atomic E-state index is 12.2. The lowest BCUT2D eigenvalue weighted by atomic mass is 9.92. The van der Waals surface area contributed by atoms with Crippen LogP contribution in [-0.2, 0) is 0 Å². The van der Waals surface area contributed by atoms with Gasteiger partial charge in [-0.15, -0.1) is 0 Å². The zero-order valence-corrected chi connectivity index (χ0v) is 11.9. The molecule has 4 heteroatoms. The average Bonchev–Trinajstić information content (AvgIpc) is 3.25. The van der Waals surface area contributed by atoms with E-state index in [9.17, 15) is 4.79 Å². The van der Waals surface area contributed by atoms with Crippen LogP contribution in [0.15, 0.2) is 30.5 Å². The minimum atomic E-state index is -0.129. The van der Waals surface area contributed by atoms with Crippen LogP contribution in [-0.4, -0.2) is 22.4 Å². The molecule has 1 saturated carbocycles. The van der Waals surface area contributed by atoms with Crippen LogP contribution in [0.5, 0.6) is 0 Å². The lowest BCUT2D eigenvalue weighted by molar-refractivity contribution is 0.0934. The Morgan fingerprint density at radius 2 is 2.00 bits per heavy atom. The highest BCUT2D eigenvalue weighted by Crippen LogP contribution is 2.51. The smallest absolute Gasteiger partial charge is 0.271 e. The maximum absolute atomic E-state index is 12.2. The van der Waals surface area contributed by atoms with Gasteiger partial charge < -0.3 is 5.32 Å². The van der Waals surface area contributed by atoms with Gasteiger partial charge in [-0.2, -0.15) is 0 Å². The molecule has 1 N–H and O–H groups in total. The van der Waals surface area contributed by atoms with Crippen molar-refractivity contribution in [3.63, 3.8) is 0 Å². The fourth-order valence-electron chi connectivity index (χ4n) is 2.53. The van der Waals surface area contributed by atoms with Gasteiger partial charge in [-0.3, -0.25) is 9.78 Å². The van der Waals surface area contributed by atoms with Crippen molar-refractivity contribution >= 4 is 16.9 Å². The van der Waals surface area contributed by atoms with Crippen molar-refractivity contribution in [1.29, 1.82) is 0 Å². The number of hydrogen-bond donors (Lipinski definition) is 1. The lowest BCUT2D eigenvalue weighted by Gasteiger charge is -2.19. The molecule has 4 nitrogen and oxygen atoms in total. The number of carbonyl (C=O) groups is 1. The van der Waals surface area contributed by atoms with E-state index in [1.807, 2.05) is 24.3 Å². The van der Waals surface area contributed by atoms with Crippen LogP contribution in [0.2, 0.25) is 0 Å². The van der Waals surface area contributed by atoms with Gasteiger partial charge in [-0.1, -0.05) is 26.0 Å². The Morgan fingerprint density at radius 3 is 2.65 bits per heavy atom. The van der Waals surface area contributed by atoms with Crippen LogP contribution >= 0.6 is 0 Å². The summed E-state index contributed by atoms with van der Waals surface area (Å²) < 4.78 is 0. The SMILES string of the molecule is CC(C)C1(CNC(=O)c2cnc3ccccc3n2)CC1. The molecule has 1 heterocycles. The standard InChI is InChI=1S/C16H19N3O/c1-11(2)16(7-8-16)10-18-15(20)14-9-17-12-5-3-4-6-13(12)19-14/h3-6,9,11H,7-8,10H2,1-2H3,(H,18,20). The monoisotopic (exact) mass is 269 g/mol. The van der Waals surface area contributed by atoms with Crippen LogP contribution in [0.1, 0.15) is 37.2 Å². The highest BCUT2D eigenvalue weighted by molar-refractivity contribution is 5.93. The Morgan fingerprint density at radius 1 is 1.30 bits per heavy atom. The van der Waals surface area contributed by atoms with Gasteiger partial charge in [-0.05, 0) is 36.3 Å². The summed E-state index contributed by atoms with van der Waals surface area (Å²) >= 11 is 0. The first-order valence-electron chi connectivity index (χ1n) is 7.11. The number of nitrogens with one attached hydrogen (secondary N) is 1. The lowest BCUT2D eigenvalue weighted by Crippen LogP contribution is -2.33. The summed E-state index contributed by atoms with van der Waals surface area (Å²) in [6.07, 6.45) is 3.95. The zero-order chi connectivity index (χ0) is 14.2. The minimum absolute atomic E-state index is 0.129. The van der Waals surface area contributed by atoms with Gasteiger partial charge in [0.25, 0.3) is 5.91 Å². The van der Waals surface area contributed by atoms with Gasteiger partial charge in [0.15, 0.2) is 0 Å². The van der Waals surface area contributed by atoms with Crippen molar-refractivity contribution < 1.29 is 4.79 Å². The molecule has 0 atom stereocenters. The molecular weight excluding hydrogens is 250 g/mol. The number of para-hydroxylation sites is 2. The summed E-state index contributed by atoms with van der Waals surface area (Å²) in [5.41, 5.74) is 2.26. The van der Waals surface area contributed by atoms with Crippen molar-refractivity contribution in [2.24, 2.45) is 11.3 Å². The Labute approximate surface area is 118 Å². The third-order valence-corrected chi connectivity index (χ3v) is 4.40. The number of benzene rings is 1. The van der Waals surface area contributed by atoms with E-state index in [1.54, 1.807) is 6.20 Å². The largest absolute Gasteiger partial charge is 0.350 e. The van der Waals surface area contributed by atoms with Crippen molar-refractivity contribution in [1.82, 2.24) is 15.3 Å². The third kappa shape index (κ3) is 2.38. The first-order chi connectivity index (χ1) is 9.61. The average molecular weight is 269 g/mol. The molecule has 3 rings (SSSR count). The molecule has 0 saturated heterocycles. The summed E-state index contributed by atoms with van der Waals surface area (Å²) in [4.78, 5) is 20.8. The van der Waals surface area contributed by atoms with Crippen molar-refractivity contribution in [3.8, 4) is 0 Å². The topological polar surface area (TPSA) is 54.9 Å². The molecule has 1 aliphatic rings. The van der Waals surface area contributed by atoms with Crippen LogP contribution in [0, 0.1) is 11.3 Å². The number of amides is 1. The molecule has 0 bridgehead atoms. The van der Waals surface area contributed by atoms with Crippen molar-refractivity contribution in [2.45, 2.75) is 26.7 Å². The van der Waals surface area contributed by atoms with Crippen LogP contribution in [0.25, 0.3) is 11.0 Å². The number of nitrogens with zero attached hydrogens (tertiary/aromatic N) is 2. The second kappa shape index (κ2) is 4.85. The molecule has 1 amide bonds. The zero-order valence-electron chi connectivity index (χ0n) is 11.9. The van der Waals surface area contributed by atoms with E-state index in [0.29, 0.717) is 17.0 Å². The summed E-state index contributed by atoms with van der Waals surface area (Å²) in [5, 5.41) is 3.01. The summed E-state index contributed by atoms with van der Waals surface area (Å²) in [7, 11) is 0. The molecular formula is C16H19N3O. The maximum Gasteiger partial charge on any atom is 0.271 e.